The standard InChI is InChI=1S/C17H15NO3S/c1-3-11-5-7-16(22-11)15-9-13(17(19)20)12-8-10(21-2)4-6-14(12)18-15/h4-9H,3H2,1-2H3,(H,19,20). The first kappa shape index (κ1) is 14.5. The van der Waals surface area contributed by atoms with E-state index in [-0.39, 0.29) is 5.56 Å². The van der Waals surface area contributed by atoms with Crippen molar-refractivity contribution in [3.63, 3.8) is 0 Å². The summed E-state index contributed by atoms with van der Waals surface area (Å²) < 4.78 is 5.17. The number of carbonyl (C=O) groups is 1. The molecule has 0 aliphatic heterocycles. The first-order valence-corrected chi connectivity index (χ1v) is 7.75. The summed E-state index contributed by atoms with van der Waals surface area (Å²) in [7, 11) is 1.56. The van der Waals surface area contributed by atoms with E-state index in [0.29, 0.717) is 22.3 Å². The van der Waals surface area contributed by atoms with E-state index in [1.54, 1.807) is 42.7 Å². The number of benzene rings is 1. The monoisotopic (exact) mass is 313 g/mol. The number of ether oxygens (including phenoxy) is 1. The molecule has 0 fully saturated rings. The molecular weight excluding hydrogens is 298 g/mol. The number of carboxylic acid groups (broad SMARTS) is 1. The molecule has 112 valence electrons. The lowest BCUT2D eigenvalue weighted by Gasteiger charge is -2.07. The molecule has 0 amide bonds. The van der Waals surface area contributed by atoms with Crippen LogP contribution in [0.1, 0.15) is 22.2 Å². The molecule has 4 nitrogen and oxygen atoms in total. The Kier molecular flexibility index (Phi) is 3.81. The lowest BCUT2D eigenvalue weighted by Crippen LogP contribution is -2.00. The van der Waals surface area contributed by atoms with E-state index in [1.165, 1.54) is 4.88 Å². The van der Waals surface area contributed by atoms with Gasteiger partial charge in [-0.2, -0.15) is 0 Å². The van der Waals surface area contributed by atoms with Crippen LogP contribution in [0.3, 0.4) is 0 Å². The Morgan fingerprint density at radius 2 is 2.09 bits per heavy atom. The molecule has 22 heavy (non-hydrogen) atoms. The summed E-state index contributed by atoms with van der Waals surface area (Å²) in [4.78, 5) is 18.4. The normalized spacial score (nSPS) is 10.8. The molecule has 0 unspecified atom stereocenters. The Morgan fingerprint density at radius 1 is 1.27 bits per heavy atom. The number of rotatable bonds is 4. The van der Waals surface area contributed by atoms with Crippen LogP contribution in [-0.4, -0.2) is 23.2 Å². The number of fused-ring (bicyclic) bond motifs is 1. The van der Waals surface area contributed by atoms with Crippen LogP contribution in [-0.2, 0) is 6.42 Å². The fourth-order valence-electron chi connectivity index (χ4n) is 2.34. The number of nitrogens with zero attached hydrogens (tertiary/aromatic N) is 1. The van der Waals surface area contributed by atoms with Gasteiger partial charge in [-0.1, -0.05) is 6.92 Å². The topological polar surface area (TPSA) is 59.4 Å². The number of aryl methyl sites for hydroxylation is 1. The number of methoxy groups -OCH3 is 1. The molecule has 0 bridgehead atoms. The number of pyridine rings is 1. The smallest absolute Gasteiger partial charge is 0.336 e. The predicted molar refractivity (Wildman–Crippen MR) is 87.9 cm³/mol. The fourth-order valence-corrected chi connectivity index (χ4v) is 3.25. The van der Waals surface area contributed by atoms with Crippen molar-refractivity contribution in [2.75, 3.05) is 7.11 Å². The van der Waals surface area contributed by atoms with E-state index < -0.39 is 5.97 Å². The van der Waals surface area contributed by atoms with E-state index in [2.05, 4.69) is 18.0 Å². The first-order valence-electron chi connectivity index (χ1n) is 6.93. The van der Waals surface area contributed by atoms with E-state index in [1.807, 2.05) is 6.07 Å². The van der Waals surface area contributed by atoms with Gasteiger partial charge in [-0.25, -0.2) is 9.78 Å². The minimum atomic E-state index is -0.964. The zero-order chi connectivity index (χ0) is 15.7. The maximum atomic E-state index is 11.6. The number of hydrogen-bond donors (Lipinski definition) is 1. The van der Waals surface area contributed by atoms with Gasteiger partial charge in [-0.05, 0) is 42.8 Å². The van der Waals surface area contributed by atoms with Gasteiger partial charge >= 0.3 is 5.97 Å². The van der Waals surface area contributed by atoms with Crippen molar-refractivity contribution >= 4 is 28.2 Å². The molecule has 3 rings (SSSR count). The second kappa shape index (κ2) is 5.77. The SMILES string of the molecule is CCc1ccc(-c2cc(C(=O)O)c3cc(OC)ccc3n2)s1. The van der Waals surface area contributed by atoms with Gasteiger partial charge in [0.15, 0.2) is 0 Å². The molecule has 1 aromatic carbocycles. The molecular formula is C17H15NO3S. The molecule has 5 heteroatoms. The van der Waals surface area contributed by atoms with Gasteiger partial charge in [0.2, 0.25) is 0 Å². The van der Waals surface area contributed by atoms with Crippen molar-refractivity contribution in [1.82, 2.24) is 4.98 Å². The Morgan fingerprint density at radius 3 is 2.73 bits per heavy atom. The first-order chi connectivity index (χ1) is 10.6. The summed E-state index contributed by atoms with van der Waals surface area (Å²) in [5.74, 6) is -0.344. The van der Waals surface area contributed by atoms with Crippen LogP contribution in [0.4, 0.5) is 0 Å². The molecule has 0 radical (unpaired) electrons. The van der Waals surface area contributed by atoms with Crippen LogP contribution in [0.2, 0.25) is 0 Å². The van der Waals surface area contributed by atoms with Gasteiger partial charge in [-0.15, -0.1) is 11.3 Å². The molecule has 2 heterocycles. The lowest BCUT2D eigenvalue weighted by atomic mass is 10.1. The highest BCUT2D eigenvalue weighted by atomic mass is 32.1. The van der Waals surface area contributed by atoms with E-state index in [9.17, 15) is 9.90 Å². The van der Waals surface area contributed by atoms with Crippen LogP contribution >= 0.6 is 11.3 Å². The van der Waals surface area contributed by atoms with Crippen molar-refractivity contribution in [2.24, 2.45) is 0 Å². The highest BCUT2D eigenvalue weighted by molar-refractivity contribution is 7.15. The molecule has 1 N–H and O–H groups in total. The second-order valence-electron chi connectivity index (χ2n) is 4.86. The Bertz CT molecular complexity index is 854. The average Bonchev–Trinajstić information content (AvgIpc) is 3.02. The van der Waals surface area contributed by atoms with Gasteiger partial charge < -0.3 is 9.84 Å². The van der Waals surface area contributed by atoms with Gasteiger partial charge in [-0.3, -0.25) is 0 Å². The Hall–Kier alpha value is -2.40. The molecule has 0 atom stereocenters. The number of thiophene rings is 1. The van der Waals surface area contributed by atoms with Crippen LogP contribution in [0, 0.1) is 0 Å². The van der Waals surface area contributed by atoms with Crippen LogP contribution in [0.25, 0.3) is 21.5 Å². The number of aromatic carboxylic acids is 1. The molecule has 3 aromatic rings. The number of carboxylic acids is 1. The average molecular weight is 313 g/mol. The van der Waals surface area contributed by atoms with Crippen molar-refractivity contribution in [3.8, 4) is 16.3 Å². The van der Waals surface area contributed by atoms with Crippen LogP contribution < -0.4 is 4.74 Å². The predicted octanol–water partition coefficient (Wildman–Crippen LogP) is 4.23. The summed E-state index contributed by atoms with van der Waals surface area (Å²) in [5.41, 5.74) is 1.59. The Labute approximate surface area is 132 Å². The van der Waals surface area contributed by atoms with E-state index in [4.69, 9.17) is 4.74 Å². The molecule has 0 saturated heterocycles. The van der Waals surface area contributed by atoms with Crippen LogP contribution in [0.15, 0.2) is 36.4 Å². The third kappa shape index (κ3) is 2.55. The molecule has 0 aliphatic rings. The third-order valence-corrected chi connectivity index (χ3v) is 4.76. The summed E-state index contributed by atoms with van der Waals surface area (Å²) >= 11 is 1.64. The quantitative estimate of drug-likeness (QED) is 0.783. The van der Waals surface area contributed by atoms with E-state index >= 15 is 0 Å². The van der Waals surface area contributed by atoms with Crippen molar-refractivity contribution in [2.45, 2.75) is 13.3 Å². The maximum absolute atomic E-state index is 11.6. The highest BCUT2D eigenvalue weighted by Crippen LogP contribution is 2.31. The number of aromatic nitrogens is 1. The van der Waals surface area contributed by atoms with Crippen molar-refractivity contribution < 1.29 is 14.6 Å². The molecule has 2 aromatic heterocycles. The zero-order valence-electron chi connectivity index (χ0n) is 12.3. The van der Waals surface area contributed by atoms with Gasteiger partial charge in [0.1, 0.15) is 5.75 Å². The van der Waals surface area contributed by atoms with Crippen LogP contribution in [0.5, 0.6) is 5.75 Å². The summed E-state index contributed by atoms with van der Waals surface area (Å²) in [5, 5.41) is 10.1. The molecule has 0 aliphatic carbocycles. The lowest BCUT2D eigenvalue weighted by molar-refractivity contribution is 0.0699. The summed E-state index contributed by atoms with van der Waals surface area (Å²) in [6.45, 7) is 2.10. The van der Waals surface area contributed by atoms with Gasteiger partial charge in [0.25, 0.3) is 0 Å². The minimum Gasteiger partial charge on any atom is -0.497 e. The maximum Gasteiger partial charge on any atom is 0.336 e. The van der Waals surface area contributed by atoms with Gasteiger partial charge in [0, 0.05) is 10.3 Å². The largest absolute Gasteiger partial charge is 0.497 e. The van der Waals surface area contributed by atoms with E-state index in [0.717, 1.165) is 11.3 Å². The van der Waals surface area contributed by atoms with Gasteiger partial charge in [0.05, 0.1) is 28.8 Å². The second-order valence-corrected chi connectivity index (χ2v) is 6.03. The molecule has 0 saturated carbocycles. The minimum absolute atomic E-state index is 0.241. The fraction of sp³-hybridized carbons (Fsp3) is 0.176. The zero-order valence-corrected chi connectivity index (χ0v) is 13.1. The van der Waals surface area contributed by atoms with Crippen molar-refractivity contribution in [1.29, 1.82) is 0 Å². The highest BCUT2D eigenvalue weighted by Gasteiger charge is 2.14. The third-order valence-electron chi connectivity index (χ3n) is 3.51. The van der Waals surface area contributed by atoms with Crippen molar-refractivity contribution in [3.05, 3.63) is 46.8 Å². The summed E-state index contributed by atoms with van der Waals surface area (Å²) in [6.07, 6.45) is 0.960. The Balaban J connectivity index is 2.23. The summed E-state index contributed by atoms with van der Waals surface area (Å²) in [6, 6.07) is 11.0. The number of hydrogen-bond acceptors (Lipinski definition) is 4. The molecule has 0 spiro atoms.